The molecule has 0 bridgehead atoms. The number of imide groups is 1. The van der Waals surface area contributed by atoms with Crippen LogP contribution >= 0.6 is 0 Å². The average Bonchev–Trinajstić information content (AvgIpc) is 3.21. The lowest BCUT2D eigenvalue weighted by Crippen LogP contribution is -2.51. The number of Topliss-reactive ketones (excluding diaryl/α,β-unsaturated/α-hetero) is 1. The number of amides is 2. The van der Waals surface area contributed by atoms with Crippen molar-refractivity contribution in [2.75, 3.05) is 6.54 Å². The van der Waals surface area contributed by atoms with Crippen molar-refractivity contribution >= 4 is 41.5 Å². The number of ketones is 1. The number of rotatable bonds is 42. The normalized spacial score (nSPS) is 12.5. The second-order valence-electron chi connectivity index (χ2n) is 16.7. The molecular weight excluding hydrogens is 783 g/mol. The Kier molecular flexibility index (Phi) is 41.0. The second-order valence-corrected chi connectivity index (χ2v) is 16.7. The summed E-state index contributed by atoms with van der Waals surface area (Å²) in [6, 6.07) is -2.36. The van der Waals surface area contributed by atoms with Crippen LogP contribution < -0.4 is 11.5 Å². The molecule has 2 amide bonds. The van der Waals surface area contributed by atoms with Crippen molar-refractivity contribution in [2.45, 2.75) is 244 Å². The highest BCUT2D eigenvalue weighted by atomic mass is 16.4. The SMILES string of the molecule is CCCCCCCCCCCCCCCC(=O)N(C(=O)CCCCCCCCCCCCCCC)[C@@H](CCC(=O)O)C(=O)C(CC(=O)O)C(=O)O.NCCCC[C@H](N)C(=O)O. The first-order chi connectivity index (χ1) is 29.2. The highest BCUT2D eigenvalue weighted by Crippen LogP contribution is 2.22. The highest BCUT2D eigenvalue weighted by molar-refractivity contribution is 6.07. The van der Waals surface area contributed by atoms with Gasteiger partial charge in [0.1, 0.15) is 12.0 Å². The number of hydrogen-bond acceptors (Lipinski definition) is 9. The van der Waals surface area contributed by atoms with Crippen LogP contribution in [0.2, 0.25) is 0 Å². The van der Waals surface area contributed by atoms with Gasteiger partial charge in [0.25, 0.3) is 0 Å². The minimum atomic E-state index is -2.00. The van der Waals surface area contributed by atoms with Crippen molar-refractivity contribution in [1.82, 2.24) is 4.90 Å². The third kappa shape index (κ3) is 35.9. The second kappa shape index (κ2) is 41.9. The van der Waals surface area contributed by atoms with Crippen molar-refractivity contribution in [3.63, 3.8) is 0 Å². The van der Waals surface area contributed by atoms with E-state index in [-0.39, 0.29) is 12.8 Å². The molecular formula is C47H87N3O11. The van der Waals surface area contributed by atoms with Crippen LogP contribution in [0.1, 0.15) is 232 Å². The lowest BCUT2D eigenvalue weighted by Gasteiger charge is -2.30. The van der Waals surface area contributed by atoms with Gasteiger partial charge in [0.2, 0.25) is 11.8 Å². The number of carboxylic acids is 4. The Hall–Kier alpha value is -3.39. The third-order valence-electron chi connectivity index (χ3n) is 11.1. The first-order valence-corrected chi connectivity index (χ1v) is 24.0. The molecule has 0 radical (unpaired) electrons. The van der Waals surface area contributed by atoms with E-state index in [1.807, 2.05) is 0 Å². The quantitative estimate of drug-likeness (QED) is 0.0247. The van der Waals surface area contributed by atoms with Crippen molar-refractivity contribution in [1.29, 1.82) is 0 Å². The fourth-order valence-corrected chi connectivity index (χ4v) is 7.32. The van der Waals surface area contributed by atoms with E-state index < -0.39 is 78.7 Å². The van der Waals surface area contributed by atoms with Crippen LogP contribution in [0.3, 0.4) is 0 Å². The van der Waals surface area contributed by atoms with Crippen LogP contribution in [0.15, 0.2) is 0 Å². The molecule has 14 nitrogen and oxygen atoms in total. The van der Waals surface area contributed by atoms with Crippen molar-refractivity contribution in [2.24, 2.45) is 17.4 Å². The number of hydrogen-bond donors (Lipinski definition) is 6. The van der Waals surface area contributed by atoms with Gasteiger partial charge >= 0.3 is 23.9 Å². The van der Waals surface area contributed by atoms with Crippen LogP contribution in [0.25, 0.3) is 0 Å². The highest BCUT2D eigenvalue weighted by Gasteiger charge is 2.41. The zero-order valence-electron chi connectivity index (χ0n) is 38.2. The molecule has 8 N–H and O–H groups in total. The van der Waals surface area contributed by atoms with Crippen LogP contribution in [-0.2, 0) is 33.6 Å². The van der Waals surface area contributed by atoms with Gasteiger partial charge in [-0.2, -0.15) is 0 Å². The Morgan fingerprint density at radius 3 is 1.10 bits per heavy atom. The zero-order valence-corrected chi connectivity index (χ0v) is 38.2. The first kappa shape index (κ1) is 59.7. The molecule has 3 atom stereocenters. The largest absolute Gasteiger partial charge is 0.481 e. The molecule has 0 aromatic carbocycles. The van der Waals surface area contributed by atoms with Crippen LogP contribution in [0.4, 0.5) is 0 Å². The van der Waals surface area contributed by atoms with E-state index in [1.54, 1.807) is 0 Å². The van der Waals surface area contributed by atoms with Crippen molar-refractivity contribution in [3.8, 4) is 0 Å². The molecule has 0 rings (SSSR count). The van der Waals surface area contributed by atoms with Gasteiger partial charge in [0.15, 0.2) is 5.78 Å². The summed E-state index contributed by atoms with van der Waals surface area (Å²) in [6.45, 7) is 5.04. The molecule has 0 aliphatic carbocycles. The molecule has 356 valence electrons. The lowest BCUT2D eigenvalue weighted by atomic mass is 9.90. The third-order valence-corrected chi connectivity index (χ3v) is 11.1. The van der Waals surface area contributed by atoms with Gasteiger partial charge in [-0.1, -0.05) is 174 Å². The van der Waals surface area contributed by atoms with Crippen LogP contribution in [-0.4, -0.2) is 85.4 Å². The predicted octanol–water partition coefficient (Wildman–Crippen LogP) is 9.81. The maximum Gasteiger partial charge on any atom is 0.320 e. The van der Waals surface area contributed by atoms with E-state index >= 15 is 0 Å². The van der Waals surface area contributed by atoms with E-state index in [4.69, 9.17) is 16.6 Å². The number of unbranched alkanes of at least 4 members (excludes halogenated alkanes) is 25. The Morgan fingerprint density at radius 1 is 0.443 bits per heavy atom. The van der Waals surface area contributed by atoms with Crippen molar-refractivity contribution < 1.29 is 54.0 Å². The molecule has 0 saturated carbocycles. The summed E-state index contributed by atoms with van der Waals surface area (Å²) < 4.78 is 0. The molecule has 0 aliphatic heterocycles. The summed E-state index contributed by atoms with van der Waals surface area (Å²) in [6.07, 6.45) is 29.0. The topological polar surface area (TPSA) is 256 Å². The molecule has 61 heavy (non-hydrogen) atoms. The lowest BCUT2D eigenvalue weighted by molar-refractivity contribution is -0.159. The van der Waals surface area contributed by atoms with Gasteiger partial charge in [0.05, 0.1) is 12.5 Å². The first-order valence-electron chi connectivity index (χ1n) is 24.0. The van der Waals surface area contributed by atoms with Gasteiger partial charge in [-0.15, -0.1) is 0 Å². The summed E-state index contributed by atoms with van der Waals surface area (Å²) in [5.41, 5.74) is 10.4. The number of carbonyl (C=O) groups excluding carboxylic acids is 3. The van der Waals surface area contributed by atoms with E-state index in [0.29, 0.717) is 25.8 Å². The van der Waals surface area contributed by atoms with Crippen LogP contribution in [0, 0.1) is 5.92 Å². The molecule has 0 saturated heterocycles. The Balaban J connectivity index is 0. The van der Waals surface area contributed by atoms with E-state index in [0.717, 1.165) is 69.1 Å². The predicted molar refractivity (Wildman–Crippen MR) is 240 cm³/mol. The molecule has 0 spiro atoms. The van der Waals surface area contributed by atoms with Gasteiger partial charge in [-0.3, -0.25) is 38.5 Å². The summed E-state index contributed by atoms with van der Waals surface area (Å²) in [5, 5.41) is 36.6. The summed E-state index contributed by atoms with van der Waals surface area (Å²) in [4.78, 5) is 86.3. The molecule has 0 fully saturated rings. The Morgan fingerprint density at radius 2 is 0.803 bits per heavy atom. The number of nitrogens with two attached hydrogens (primary N) is 2. The fourth-order valence-electron chi connectivity index (χ4n) is 7.32. The minimum absolute atomic E-state index is 0.0321. The van der Waals surface area contributed by atoms with E-state index in [9.17, 15) is 48.9 Å². The number of nitrogens with zero attached hydrogens (tertiary/aromatic N) is 1. The summed E-state index contributed by atoms with van der Waals surface area (Å²) in [5.74, 6) is -9.81. The van der Waals surface area contributed by atoms with Gasteiger partial charge in [0, 0.05) is 19.3 Å². The molecule has 14 heteroatoms. The van der Waals surface area contributed by atoms with E-state index in [1.165, 1.54) is 103 Å². The average molecular weight is 870 g/mol. The van der Waals surface area contributed by atoms with E-state index in [2.05, 4.69) is 13.8 Å². The Bertz CT molecular complexity index is 1140. The molecule has 0 aromatic heterocycles. The molecule has 1 unspecified atom stereocenters. The molecule has 0 aromatic rings. The van der Waals surface area contributed by atoms with Gasteiger partial charge < -0.3 is 31.9 Å². The van der Waals surface area contributed by atoms with Crippen molar-refractivity contribution in [3.05, 3.63) is 0 Å². The monoisotopic (exact) mass is 870 g/mol. The standard InChI is InChI=1S/C41H73NO9.C6H14N2O2/c1-3-5-7-9-11-13-15-17-19-21-23-25-27-29-36(43)42(35(31-32-38(45)46)40(49)34(41(50)51)33-39(47)48)37(44)30-28-26-24-22-20-18-16-14-12-10-8-6-4-2;7-4-2-1-3-5(8)6(9)10/h34-35H,3-33H2,1-2H3,(H,45,46)(H,47,48)(H,50,51);5H,1-4,7-8H2,(H,9,10)/t34?,35-;5-/m00/s1. The number of carboxylic acid groups (broad SMARTS) is 4. The van der Waals surface area contributed by atoms with Crippen LogP contribution in [0.5, 0.6) is 0 Å². The molecule has 0 aliphatic rings. The number of carbonyl (C=O) groups is 7. The van der Waals surface area contributed by atoms with Gasteiger partial charge in [-0.05, 0) is 38.6 Å². The summed E-state index contributed by atoms with van der Waals surface area (Å²) in [7, 11) is 0. The Labute approximate surface area is 367 Å². The minimum Gasteiger partial charge on any atom is -0.481 e. The molecule has 0 heterocycles. The maximum atomic E-state index is 13.6. The smallest absolute Gasteiger partial charge is 0.320 e. The summed E-state index contributed by atoms with van der Waals surface area (Å²) >= 11 is 0. The number of aliphatic carboxylic acids is 4. The maximum absolute atomic E-state index is 13.6. The van der Waals surface area contributed by atoms with Gasteiger partial charge in [-0.25, -0.2) is 0 Å². The fraction of sp³-hybridized carbons (Fsp3) is 0.851. The zero-order chi connectivity index (χ0) is 46.1.